The predicted molar refractivity (Wildman–Crippen MR) is 112 cm³/mol. The Hall–Kier alpha value is 0.610. The minimum Gasteiger partial charge on any atom is -0.0652 e. The predicted octanol–water partition coefficient (Wildman–Crippen LogP) is 8.13. The molecule has 0 atom stereocenters. The molecular formula is C19H32Br2P+. The number of hydrogen-bond acceptors (Lipinski definition) is 0. The summed E-state index contributed by atoms with van der Waals surface area (Å²) in [6, 6.07) is 6.67. The molecule has 0 N–H and O–H groups in total. The van der Waals surface area contributed by atoms with Crippen molar-refractivity contribution in [2.75, 3.05) is 18.5 Å². The fourth-order valence-electron chi connectivity index (χ4n) is 3.08. The number of halogens is 2. The summed E-state index contributed by atoms with van der Waals surface area (Å²) in [5.41, 5.74) is 1.52. The van der Waals surface area contributed by atoms with Gasteiger partial charge in [-0.1, -0.05) is 71.9 Å². The van der Waals surface area contributed by atoms with Gasteiger partial charge in [0, 0.05) is 21.8 Å². The lowest BCUT2D eigenvalue weighted by Gasteiger charge is -2.28. The van der Waals surface area contributed by atoms with Gasteiger partial charge in [-0.25, -0.2) is 0 Å². The van der Waals surface area contributed by atoms with Gasteiger partial charge in [-0.3, -0.25) is 0 Å². The highest BCUT2D eigenvalue weighted by Crippen LogP contribution is 2.63. The molecule has 0 aromatic heterocycles. The van der Waals surface area contributed by atoms with Crippen molar-refractivity contribution in [3.63, 3.8) is 0 Å². The first-order valence-electron chi connectivity index (χ1n) is 8.86. The summed E-state index contributed by atoms with van der Waals surface area (Å²) in [6.45, 7) is 7.01. The number of benzene rings is 1. The van der Waals surface area contributed by atoms with E-state index in [-0.39, 0.29) is 0 Å². The van der Waals surface area contributed by atoms with Crippen LogP contribution in [-0.2, 0) is 6.16 Å². The molecule has 0 aliphatic carbocycles. The van der Waals surface area contributed by atoms with Crippen LogP contribution >= 0.6 is 39.1 Å². The van der Waals surface area contributed by atoms with E-state index in [4.69, 9.17) is 0 Å². The molecule has 3 heteroatoms. The molecule has 0 radical (unpaired) electrons. The van der Waals surface area contributed by atoms with Crippen LogP contribution in [0.4, 0.5) is 0 Å². The molecule has 1 rings (SSSR count). The van der Waals surface area contributed by atoms with Crippen LogP contribution < -0.4 is 0 Å². The Bertz CT molecular complexity index is 410. The highest BCUT2D eigenvalue weighted by Gasteiger charge is 2.36. The summed E-state index contributed by atoms with van der Waals surface area (Å²) in [5.74, 6) is 0. The van der Waals surface area contributed by atoms with Crippen molar-refractivity contribution in [3.8, 4) is 0 Å². The summed E-state index contributed by atoms with van der Waals surface area (Å²) in [7, 11) is -0.865. The van der Waals surface area contributed by atoms with Gasteiger partial charge >= 0.3 is 0 Å². The molecule has 0 spiro atoms. The van der Waals surface area contributed by atoms with Crippen molar-refractivity contribution in [2.24, 2.45) is 0 Å². The number of hydrogen-bond donors (Lipinski definition) is 0. The quantitative estimate of drug-likeness (QED) is 0.298. The molecule has 0 amide bonds. The second-order valence-electron chi connectivity index (χ2n) is 6.47. The zero-order chi connectivity index (χ0) is 16.4. The minimum absolute atomic E-state index is 0.865. The maximum atomic E-state index is 3.78. The van der Waals surface area contributed by atoms with Gasteiger partial charge in [0.25, 0.3) is 0 Å². The summed E-state index contributed by atoms with van der Waals surface area (Å²) in [4.78, 5) is 0. The van der Waals surface area contributed by atoms with Gasteiger partial charge in [-0.2, -0.15) is 0 Å². The Balaban J connectivity index is 3.00. The van der Waals surface area contributed by atoms with Crippen LogP contribution in [0.25, 0.3) is 0 Å². The third-order valence-electron chi connectivity index (χ3n) is 4.47. The van der Waals surface area contributed by atoms with Gasteiger partial charge in [0.1, 0.15) is 0 Å². The van der Waals surface area contributed by atoms with Gasteiger partial charge in [0.05, 0.1) is 24.6 Å². The van der Waals surface area contributed by atoms with Crippen molar-refractivity contribution in [3.05, 3.63) is 32.7 Å². The smallest absolute Gasteiger partial charge is 0.0652 e. The van der Waals surface area contributed by atoms with E-state index in [0.29, 0.717) is 0 Å². The van der Waals surface area contributed by atoms with E-state index in [0.717, 1.165) is 0 Å². The zero-order valence-corrected chi connectivity index (χ0v) is 18.6. The molecule has 0 bridgehead atoms. The molecule has 0 saturated heterocycles. The van der Waals surface area contributed by atoms with E-state index in [9.17, 15) is 0 Å². The molecule has 0 aliphatic heterocycles. The molecule has 22 heavy (non-hydrogen) atoms. The topological polar surface area (TPSA) is 0 Å². The van der Waals surface area contributed by atoms with Crippen LogP contribution in [0.1, 0.15) is 64.9 Å². The monoisotopic (exact) mass is 449 g/mol. The van der Waals surface area contributed by atoms with Crippen LogP contribution in [0.3, 0.4) is 0 Å². The van der Waals surface area contributed by atoms with Crippen molar-refractivity contribution < 1.29 is 0 Å². The van der Waals surface area contributed by atoms with Gasteiger partial charge in [0.2, 0.25) is 0 Å². The fraction of sp³-hybridized carbons (Fsp3) is 0.684. The Labute approximate surface area is 155 Å². The van der Waals surface area contributed by atoms with Crippen molar-refractivity contribution in [1.29, 1.82) is 0 Å². The first kappa shape index (κ1) is 20.7. The maximum absolute atomic E-state index is 3.78. The van der Waals surface area contributed by atoms with Gasteiger partial charge in [-0.05, 0) is 37.5 Å². The maximum Gasteiger partial charge on any atom is 0.0854 e. The minimum atomic E-state index is -0.865. The molecule has 0 fully saturated rings. The molecule has 1 aromatic rings. The van der Waals surface area contributed by atoms with Gasteiger partial charge in [-0.15, -0.1) is 0 Å². The highest BCUT2D eigenvalue weighted by molar-refractivity contribution is 9.11. The normalized spacial score (nSPS) is 11.9. The van der Waals surface area contributed by atoms with E-state index in [1.165, 1.54) is 77.7 Å². The van der Waals surface area contributed by atoms with Gasteiger partial charge in [0.15, 0.2) is 0 Å². The lowest BCUT2D eigenvalue weighted by atomic mass is 10.2. The second-order valence-corrected chi connectivity index (χ2v) is 12.6. The largest absolute Gasteiger partial charge is 0.0854 e. The summed E-state index contributed by atoms with van der Waals surface area (Å²) in [6.07, 6.45) is 14.0. The van der Waals surface area contributed by atoms with Crippen LogP contribution in [0, 0.1) is 0 Å². The van der Waals surface area contributed by atoms with E-state index >= 15 is 0 Å². The van der Waals surface area contributed by atoms with Crippen molar-refractivity contribution >= 4 is 39.1 Å². The second kappa shape index (κ2) is 11.2. The van der Waals surface area contributed by atoms with Crippen LogP contribution in [-0.4, -0.2) is 18.5 Å². The Morgan fingerprint density at radius 3 is 1.77 bits per heavy atom. The van der Waals surface area contributed by atoms with Crippen LogP contribution in [0.2, 0.25) is 0 Å². The number of rotatable bonds is 11. The Kier molecular flexibility index (Phi) is 10.5. The lowest BCUT2D eigenvalue weighted by Crippen LogP contribution is -2.12. The molecule has 0 heterocycles. The third-order valence-corrected chi connectivity index (χ3v) is 10.5. The van der Waals surface area contributed by atoms with Crippen LogP contribution in [0.15, 0.2) is 27.1 Å². The number of unbranched alkanes of at least 4 members (excludes halogenated alkanes) is 3. The molecule has 0 unspecified atom stereocenters. The Morgan fingerprint density at radius 1 is 0.818 bits per heavy atom. The van der Waals surface area contributed by atoms with Gasteiger partial charge < -0.3 is 0 Å². The van der Waals surface area contributed by atoms with Crippen LogP contribution in [0.5, 0.6) is 0 Å². The SMILES string of the molecule is CCCC[P+](CCCC)(CCCC)Cc1cc(Br)ccc1Br. The molecular weight excluding hydrogens is 419 g/mol. The Morgan fingerprint density at radius 2 is 1.32 bits per heavy atom. The van der Waals surface area contributed by atoms with E-state index < -0.39 is 7.26 Å². The zero-order valence-electron chi connectivity index (χ0n) is 14.5. The van der Waals surface area contributed by atoms with E-state index in [1.54, 1.807) is 0 Å². The molecule has 0 aliphatic rings. The molecule has 126 valence electrons. The first-order valence-corrected chi connectivity index (χ1v) is 13.0. The van der Waals surface area contributed by atoms with Crippen molar-refractivity contribution in [2.45, 2.75) is 65.5 Å². The highest BCUT2D eigenvalue weighted by atomic mass is 79.9. The standard InChI is InChI=1S/C19H32Br2P/c1-4-7-12-22(13-8-5-2,14-9-6-3)16-17-15-18(20)10-11-19(17)21/h10-11,15H,4-9,12-14,16H2,1-3H3/q+1. The van der Waals surface area contributed by atoms with E-state index in [1.807, 2.05) is 0 Å². The summed E-state index contributed by atoms with van der Waals surface area (Å²) in [5, 5.41) is 0. The van der Waals surface area contributed by atoms with Crippen molar-refractivity contribution in [1.82, 2.24) is 0 Å². The lowest BCUT2D eigenvalue weighted by molar-refractivity contribution is 0.831. The third kappa shape index (κ3) is 7.02. The average molecular weight is 451 g/mol. The first-order chi connectivity index (χ1) is 10.6. The average Bonchev–Trinajstić information content (AvgIpc) is 2.52. The molecule has 1 aromatic carbocycles. The summed E-state index contributed by atoms with van der Waals surface area (Å²) < 4.78 is 2.51. The van der Waals surface area contributed by atoms with E-state index in [2.05, 4.69) is 70.8 Å². The summed E-state index contributed by atoms with van der Waals surface area (Å²) >= 11 is 7.44. The fourth-order valence-corrected chi connectivity index (χ4v) is 9.18. The molecule has 0 saturated carbocycles. The molecule has 0 nitrogen and oxygen atoms in total.